The number of nitrogens with zero attached hydrogens (tertiary/aromatic N) is 2. The van der Waals surface area contributed by atoms with Crippen LogP contribution in [0.4, 0.5) is 5.69 Å². The van der Waals surface area contributed by atoms with Gasteiger partial charge in [0.2, 0.25) is 10.0 Å². The summed E-state index contributed by atoms with van der Waals surface area (Å²) in [6, 6.07) is 13.4. The number of carbonyl (C=O) groups is 1. The molecule has 0 atom stereocenters. The molecule has 4 N–H and O–H groups in total. The van der Waals surface area contributed by atoms with Crippen molar-refractivity contribution in [1.29, 1.82) is 0 Å². The highest BCUT2D eigenvalue weighted by Crippen LogP contribution is 2.28. The number of benzene rings is 1. The van der Waals surface area contributed by atoms with Crippen LogP contribution in [-0.2, 0) is 27.4 Å². The van der Waals surface area contributed by atoms with Gasteiger partial charge in [-0.05, 0) is 59.7 Å². The first-order chi connectivity index (χ1) is 17.5. The Morgan fingerprint density at radius 1 is 1.05 bits per heavy atom. The number of nitrogens with two attached hydrogens (primary N) is 1. The van der Waals surface area contributed by atoms with Gasteiger partial charge in [0.05, 0.1) is 29.1 Å². The summed E-state index contributed by atoms with van der Waals surface area (Å²) < 4.78 is 37.4. The van der Waals surface area contributed by atoms with E-state index in [1.54, 1.807) is 49.4 Å². The van der Waals surface area contributed by atoms with Crippen LogP contribution in [0.2, 0.25) is 5.02 Å². The molecule has 13 heteroatoms. The molecule has 0 aliphatic heterocycles. The zero-order chi connectivity index (χ0) is 27.4. The first kappa shape index (κ1) is 29.6. The fourth-order valence-electron chi connectivity index (χ4n) is 2.78. The summed E-state index contributed by atoms with van der Waals surface area (Å²) in [6.45, 7) is 0.221. The maximum Gasteiger partial charge on any atom is 0.337 e. The van der Waals surface area contributed by atoms with Gasteiger partial charge in [-0.15, -0.1) is 0 Å². The fourth-order valence-corrected chi connectivity index (χ4v) is 3.88. The third-order valence-corrected chi connectivity index (χ3v) is 5.71. The van der Waals surface area contributed by atoms with Crippen LogP contribution < -0.4 is 10.5 Å². The first-order valence-electron chi connectivity index (χ1n) is 10.4. The maximum absolute atomic E-state index is 11.3. The van der Waals surface area contributed by atoms with Crippen molar-refractivity contribution in [3.63, 3.8) is 0 Å². The molecule has 3 aromatic heterocycles. The number of hydrogen-bond donors (Lipinski definition) is 3. The lowest BCUT2D eigenvalue weighted by molar-refractivity contribution is 0.0697. The Kier molecular flexibility index (Phi) is 11.4. The fraction of sp³-hybridized carbons (Fsp3) is 0.125. The number of anilines is 1. The first-order valence-corrected chi connectivity index (χ1v) is 14.3. The summed E-state index contributed by atoms with van der Waals surface area (Å²) in [7, 11) is -4.72. The van der Waals surface area contributed by atoms with Gasteiger partial charge < -0.3 is 14.8 Å². The SMILES string of the molecule is CS(C)=O.NS(=O)(=O)c1cc(C(=O)O)c(NCc2ccco2)cc1Cl.c1cc(-c2ccncc2)ccn1. The quantitative estimate of drug-likeness (QED) is 0.313. The number of pyridine rings is 2. The predicted octanol–water partition coefficient (Wildman–Crippen LogP) is 4.03. The molecule has 0 saturated carbocycles. The number of carboxylic acid groups (broad SMARTS) is 1. The predicted molar refractivity (Wildman–Crippen MR) is 143 cm³/mol. The van der Waals surface area contributed by atoms with Crippen LogP contribution in [0.1, 0.15) is 16.1 Å². The highest BCUT2D eigenvalue weighted by molar-refractivity contribution is 7.89. The molecule has 4 aromatic rings. The maximum atomic E-state index is 11.3. The molecule has 37 heavy (non-hydrogen) atoms. The van der Waals surface area contributed by atoms with Crippen LogP contribution in [0.5, 0.6) is 0 Å². The second kappa shape index (κ2) is 14.2. The Labute approximate surface area is 222 Å². The van der Waals surface area contributed by atoms with Gasteiger partial charge in [0.25, 0.3) is 0 Å². The smallest absolute Gasteiger partial charge is 0.337 e. The lowest BCUT2D eigenvalue weighted by Gasteiger charge is -2.11. The van der Waals surface area contributed by atoms with E-state index >= 15 is 0 Å². The van der Waals surface area contributed by atoms with Crippen molar-refractivity contribution in [2.75, 3.05) is 17.8 Å². The van der Waals surface area contributed by atoms with Crippen LogP contribution in [0.3, 0.4) is 0 Å². The second-order valence-corrected chi connectivity index (χ2v) is 10.7. The molecule has 0 amide bonds. The lowest BCUT2D eigenvalue weighted by Crippen LogP contribution is -2.15. The van der Waals surface area contributed by atoms with Gasteiger partial charge in [0, 0.05) is 48.1 Å². The molecule has 3 heterocycles. The minimum Gasteiger partial charge on any atom is -0.478 e. The molecule has 0 spiro atoms. The zero-order valence-electron chi connectivity index (χ0n) is 19.9. The van der Waals surface area contributed by atoms with E-state index < -0.39 is 31.7 Å². The van der Waals surface area contributed by atoms with E-state index in [1.807, 2.05) is 24.3 Å². The van der Waals surface area contributed by atoms with Gasteiger partial charge in [-0.25, -0.2) is 18.4 Å². The Hall–Kier alpha value is -3.58. The molecular weight excluding hydrogens is 540 g/mol. The van der Waals surface area contributed by atoms with Crippen molar-refractivity contribution in [1.82, 2.24) is 9.97 Å². The Balaban J connectivity index is 0.000000252. The topological polar surface area (TPSA) is 165 Å². The molecule has 0 unspecified atom stereocenters. The summed E-state index contributed by atoms with van der Waals surface area (Å²) in [5.41, 5.74) is 2.26. The Morgan fingerprint density at radius 3 is 1.97 bits per heavy atom. The van der Waals surface area contributed by atoms with E-state index in [0.29, 0.717) is 5.76 Å². The van der Waals surface area contributed by atoms with E-state index in [1.165, 1.54) is 23.5 Å². The third-order valence-electron chi connectivity index (χ3n) is 4.34. The van der Waals surface area contributed by atoms with Crippen molar-refractivity contribution >= 4 is 44.1 Å². The van der Waals surface area contributed by atoms with Crippen LogP contribution in [0.15, 0.2) is 88.9 Å². The normalized spacial score (nSPS) is 10.5. The number of aromatic carboxylic acids is 1. The molecule has 10 nitrogen and oxygen atoms in total. The summed E-state index contributed by atoms with van der Waals surface area (Å²) in [5.74, 6) is -0.725. The van der Waals surface area contributed by atoms with Gasteiger partial charge in [-0.3, -0.25) is 14.2 Å². The van der Waals surface area contributed by atoms with E-state index in [0.717, 1.165) is 6.07 Å². The number of hydrogen-bond acceptors (Lipinski definition) is 8. The number of sulfonamides is 1. The number of primary sulfonamides is 1. The minimum atomic E-state index is -4.11. The number of carboxylic acids is 1. The molecule has 0 aliphatic carbocycles. The number of rotatable bonds is 6. The van der Waals surface area contributed by atoms with E-state index in [4.69, 9.17) is 26.3 Å². The Bertz CT molecular complexity index is 1380. The average Bonchev–Trinajstić information content (AvgIpc) is 3.37. The van der Waals surface area contributed by atoms with E-state index in [-0.39, 0.29) is 22.8 Å². The highest BCUT2D eigenvalue weighted by atomic mass is 35.5. The highest BCUT2D eigenvalue weighted by Gasteiger charge is 2.20. The third kappa shape index (κ3) is 10.1. The number of nitrogens with one attached hydrogen (secondary N) is 1. The Morgan fingerprint density at radius 2 is 1.57 bits per heavy atom. The molecule has 0 bridgehead atoms. The number of furan rings is 1. The second-order valence-electron chi connectivity index (χ2n) is 7.32. The van der Waals surface area contributed by atoms with Gasteiger partial charge in [0.15, 0.2) is 0 Å². The van der Waals surface area contributed by atoms with E-state index in [2.05, 4.69) is 15.3 Å². The van der Waals surface area contributed by atoms with Gasteiger partial charge >= 0.3 is 5.97 Å². The van der Waals surface area contributed by atoms with Crippen LogP contribution in [-0.4, -0.2) is 46.2 Å². The van der Waals surface area contributed by atoms with Crippen molar-refractivity contribution in [3.8, 4) is 11.1 Å². The summed E-state index contributed by atoms with van der Waals surface area (Å²) in [6.07, 6.45) is 11.9. The van der Waals surface area contributed by atoms with Gasteiger partial charge in [0.1, 0.15) is 10.7 Å². The van der Waals surface area contributed by atoms with Crippen molar-refractivity contribution < 1.29 is 26.9 Å². The zero-order valence-corrected chi connectivity index (χ0v) is 22.3. The van der Waals surface area contributed by atoms with Crippen LogP contribution in [0, 0.1) is 0 Å². The van der Waals surface area contributed by atoms with Crippen LogP contribution >= 0.6 is 11.6 Å². The molecule has 0 fully saturated rings. The summed E-state index contributed by atoms with van der Waals surface area (Å²) in [4.78, 5) is 18.7. The molecule has 0 radical (unpaired) electrons. The largest absolute Gasteiger partial charge is 0.478 e. The standard InChI is InChI=1S/C12H11ClN2O5S.C10H8N2.C2H6OS/c13-9-5-10(15-6-7-2-1-3-20-7)8(12(16)17)4-11(9)21(14,18)19;1-5-11-6-2-9(1)10-3-7-12-8-4-10;1-4(2)3/h1-5,15H,6H2,(H,16,17)(H2,14,18,19);1-8H;1-2H3. The average molecular weight is 565 g/mol. The van der Waals surface area contributed by atoms with Gasteiger partial charge in [-0.1, -0.05) is 11.6 Å². The summed E-state index contributed by atoms with van der Waals surface area (Å²) >= 11 is 5.84. The van der Waals surface area contributed by atoms with Gasteiger partial charge in [-0.2, -0.15) is 0 Å². The van der Waals surface area contributed by atoms with E-state index in [9.17, 15) is 17.4 Å². The molecule has 1 aromatic carbocycles. The van der Waals surface area contributed by atoms with Crippen LogP contribution in [0.25, 0.3) is 11.1 Å². The molecule has 4 rings (SSSR count). The lowest BCUT2D eigenvalue weighted by atomic mass is 10.1. The number of halogens is 1. The van der Waals surface area contributed by atoms with Crippen molar-refractivity contribution in [2.45, 2.75) is 11.4 Å². The molecular formula is C24H25ClN4O6S2. The summed E-state index contributed by atoms with van der Waals surface area (Å²) in [5, 5.41) is 16.8. The molecule has 0 saturated heterocycles. The monoisotopic (exact) mass is 564 g/mol. The molecule has 0 aliphatic rings. The van der Waals surface area contributed by atoms with Crippen molar-refractivity contribution in [3.05, 3.63) is 95.9 Å². The van der Waals surface area contributed by atoms with Crippen molar-refractivity contribution in [2.24, 2.45) is 5.14 Å². The number of aromatic nitrogens is 2. The minimum absolute atomic E-state index is 0.163. The molecule has 196 valence electrons.